The number of carbonyl (C=O) groups excluding carboxylic acids is 6. The van der Waals surface area contributed by atoms with Gasteiger partial charge in [-0.05, 0) is 127 Å². The van der Waals surface area contributed by atoms with Gasteiger partial charge in [0.15, 0.2) is 0 Å². The quantitative estimate of drug-likeness (QED) is 0.0517. The first-order chi connectivity index (χ1) is 24.2. The molecule has 0 amide bonds. The average Bonchev–Trinajstić information content (AvgIpc) is 3.15. The molecule has 0 aromatic carbocycles. The predicted octanol–water partition coefficient (Wildman–Crippen LogP) is 6.04. The third-order valence-corrected chi connectivity index (χ3v) is 11.0. The summed E-state index contributed by atoms with van der Waals surface area (Å²) in [7, 11) is 0. The average molecular weight is 703 g/mol. The van der Waals surface area contributed by atoms with Gasteiger partial charge in [-0.25, -0.2) is 24.2 Å². The van der Waals surface area contributed by atoms with Gasteiger partial charge in [-0.2, -0.15) is 0 Å². The Labute approximate surface area is 294 Å². The minimum Gasteiger partial charge on any atom is -0.465 e. The number of hydrogen-bond acceptors (Lipinski definition) is 12. The smallest absolute Gasteiger partial charge is 0.378 e. The van der Waals surface area contributed by atoms with E-state index in [4.69, 9.17) is 18.9 Å². The van der Waals surface area contributed by atoms with Gasteiger partial charge in [-0.3, -0.25) is 14.4 Å². The molecule has 0 atom stereocenters. The molecule has 4 aliphatic carbocycles. The number of rotatable bonds is 14. The maximum absolute atomic E-state index is 13.0. The summed E-state index contributed by atoms with van der Waals surface area (Å²) in [5, 5.41) is 0. The molecule has 0 aliphatic heterocycles. The maximum Gasteiger partial charge on any atom is 0.378 e. The van der Waals surface area contributed by atoms with E-state index in [2.05, 4.69) is 22.9 Å². The number of esters is 4. The molecule has 12 nitrogen and oxygen atoms in total. The topological polar surface area (TPSA) is 158 Å². The van der Waals surface area contributed by atoms with Crippen molar-refractivity contribution in [2.75, 3.05) is 13.2 Å². The normalized spacial score (nSPS) is 29.7. The van der Waals surface area contributed by atoms with E-state index in [1.54, 1.807) is 0 Å². The van der Waals surface area contributed by atoms with Gasteiger partial charge in [0.25, 0.3) is 0 Å². The van der Waals surface area contributed by atoms with E-state index in [0.29, 0.717) is 76.0 Å². The first-order valence-corrected chi connectivity index (χ1v) is 18.6. The van der Waals surface area contributed by atoms with Crippen LogP contribution in [0.1, 0.15) is 116 Å². The van der Waals surface area contributed by atoms with Crippen LogP contribution in [-0.4, -0.2) is 61.2 Å². The van der Waals surface area contributed by atoms with E-state index in [-0.39, 0.29) is 61.1 Å². The largest absolute Gasteiger partial charge is 0.465 e. The van der Waals surface area contributed by atoms with Gasteiger partial charge in [0.05, 0.1) is 36.9 Å². The van der Waals surface area contributed by atoms with E-state index in [1.807, 2.05) is 0 Å². The lowest BCUT2D eigenvalue weighted by atomic mass is 9.72. The van der Waals surface area contributed by atoms with E-state index in [9.17, 15) is 28.8 Å². The Morgan fingerprint density at radius 1 is 0.440 bits per heavy atom. The lowest BCUT2D eigenvalue weighted by Gasteiger charge is -2.38. The van der Waals surface area contributed by atoms with Gasteiger partial charge in [0.2, 0.25) is 0 Å². The van der Waals surface area contributed by atoms with Crippen LogP contribution in [0.3, 0.4) is 0 Å². The van der Waals surface area contributed by atoms with Gasteiger partial charge >= 0.3 is 35.8 Å². The monoisotopic (exact) mass is 702 g/mol. The van der Waals surface area contributed by atoms with Crippen LogP contribution in [0, 0.1) is 35.5 Å². The van der Waals surface area contributed by atoms with Crippen molar-refractivity contribution in [3.63, 3.8) is 0 Å². The molecule has 0 spiro atoms. The predicted molar refractivity (Wildman–Crippen MR) is 178 cm³/mol. The highest BCUT2D eigenvalue weighted by molar-refractivity contribution is 5.82. The Balaban J connectivity index is 1.04. The van der Waals surface area contributed by atoms with Gasteiger partial charge in [-0.15, -0.1) is 0 Å². The van der Waals surface area contributed by atoms with Gasteiger partial charge in [-0.1, -0.05) is 13.2 Å². The molecule has 278 valence electrons. The van der Waals surface area contributed by atoms with Crippen molar-refractivity contribution < 1.29 is 57.5 Å². The number of unbranched alkanes of at least 4 members (excludes halogenated alkanes) is 1. The highest BCUT2D eigenvalue weighted by Gasteiger charge is 2.37. The molecule has 50 heavy (non-hydrogen) atoms. The molecule has 4 fully saturated rings. The van der Waals surface area contributed by atoms with Crippen LogP contribution in [0.4, 0.5) is 0 Å². The van der Waals surface area contributed by atoms with Crippen LogP contribution in [-0.2, 0) is 57.5 Å². The summed E-state index contributed by atoms with van der Waals surface area (Å²) >= 11 is 0. The second kappa shape index (κ2) is 20.2. The highest BCUT2D eigenvalue weighted by Crippen LogP contribution is 2.41. The summed E-state index contributed by atoms with van der Waals surface area (Å²) in [6, 6.07) is 0. The van der Waals surface area contributed by atoms with Crippen LogP contribution in [0.15, 0.2) is 25.3 Å². The molecule has 0 saturated heterocycles. The second-order valence-corrected chi connectivity index (χ2v) is 14.3. The third kappa shape index (κ3) is 12.3. The number of ether oxygens (including phenoxy) is 4. The molecule has 0 radical (unpaired) electrons. The third-order valence-electron chi connectivity index (χ3n) is 11.0. The first-order valence-electron chi connectivity index (χ1n) is 18.6. The van der Waals surface area contributed by atoms with Crippen LogP contribution in [0.25, 0.3) is 0 Å². The summed E-state index contributed by atoms with van der Waals surface area (Å²) in [5.41, 5.74) is 0. The molecule has 0 N–H and O–H groups in total. The van der Waals surface area contributed by atoms with Crippen molar-refractivity contribution >= 4 is 35.8 Å². The molecule has 0 aromatic rings. The van der Waals surface area contributed by atoms with Crippen molar-refractivity contribution in [2.24, 2.45) is 35.5 Å². The van der Waals surface area contributed by atoms with E-state index >= 15 is 0 Å². The maximum atomic E-state index is 13.0. The molecular weight excluding hydrogens is 648 g/mol. The van der Waals surface area contributed by atoms with Gasteiger partial charge < -0.3 is 18.9 Å². The Kier molecular flexibility index (Phi) is 15.8. The number of hydrogen-bond donors (Lipinski definition) is 0. The van der Waals surface area contributed by atoms with Gasteiger partial charge in [0.1, 0.15) is 12.2 Å². The summed E-state index contributed by atoms with van der Waals surface area (Å²) < 4.78 is 22.2. The molecule has 4 saturated carbocycles. The molecule has 0 bridgehead atoms. The van der Waals surface area contributed by atoms with Gasteiger partial charge in [0, 0.05) is 12.2 Å². The molecule has 0 unspecified atom stereocenters. The highest BCUT2D eigenvalue weighted by atomic mass is 17.2. The summed E-state index contributed by atoms with van der Waals surface area (Å²) in [5.74, 6) is -2.28. The van der Waals surface area contributed by atoms with Crippen molar-refractivity contribution in [2.45, 2.75) is 128 Å². The van der Waals surface area contributed by atoms with Crippen LogP contribution >= 0.6 is 0 Å². The van der Waals surface area contributed by atoms with E-state index < -0.39 is 23.8 Å². The molecular formula is C38H54O12. The molecule has 4 aliphatic rings. The SMILES string of the molecule is C=CC(=O)OCCCCOC(=O)C1CCC(C(=O)OC2CCC(C3CCC(OC(=O)C4CCC(C(=O)OOC(=O)C=C)CC4)CC3)CC2)CC1. The zero-order valence-electron chi connectivity index (χ0n) is 29.2. The first kappa shape index (κ1) is 39.1. The lowest BCUT2D eigenvalue weighted by Crippen LogP contribution is -2.35. The minimum atomic E-state index is -0.829. The van der Waals surface area contributed by atoms with E-state index in [1.165, 1.54) is 0 Å². The van der Waals surface area contributed by atoms with Crippen LogP contribution < -0.4 is 0 Å². The zero-order valence-corrected chi connectivity index (χ0v) is 29.2. The second-order valence-electron chi connectivity index (χ2n) is 14.3. The van der Waals surface area contributed by atoms with Crippen molar-refractivity contribution in [3.8, 4) is 0 Å². The van der Waals surface area contributed by atoms with Crippen molar-refractivity contribution in [1.29, 1.82) is 0 Å². The molecule has 0 heterocycles. The van der Waals surface area contributed by atoms with Crippen LogP contribution in [0.2, 0.25) is 0 Å². The zero-order chi connectivity index (χ0) is 35.9. The Morgan fingerprint density at radius 3 is 1.24 bits per heavy atom. The van der Waals surface area contributed by atoms with Crippen molar-refractivity contribution in [1.82, 2.24) is 0 Å². The summed E-state index contributed by atoms with van der Waals surface area (Å²) in [6.07, 6.45) is 15.2. The fraction of sp³-hybridized carbons (Fsp3) is 0.737. The Morgan fingerprint density at radius 2 is 0.820 bits per heavy atom. The van der Waals surface area contributed by atoms with Crippen molar-refractivity contribution in [3.05, 3.63) is 25.3 Å². The van der Waals surface area contributed by atoms with Crippen LogP contribution in [0.5, 0.6) is 0 Å². The fourth-order valence-electron chi connectivity index (χ4n) is 7.92. The fourth-order valence-corrected chi connectivity index (χ4v) is 7.92. The molecule has 4 rings (SSSR count). The molecule has 0 aromatic heterocycles. The summed E-state index contributed by atoms with van der Waals surface area (Å²) in [6.45, 7) is 7.15. The number of carbonyl (C=O) groups is 6. The molecule has 12 heteroatoms. The Hall–Kier alpha value is -3.70. The standard InChI is InChI=1S/C38H54O12/c1-3-33(39)45-23-5-6-24-46-35(41)27-7-9-28(10-8-27)36(42)47-31-19-15-25(16-20-31)26-17-21-32(22-18-26)48-37(43)29-11-13-30(14-12-29)38(44)50-49-34(40)4-2/h3-4,25-32H,1-2,5-24H2. The summed E-state index contributed by atoms with van der Waals surface area (Å²) in [4.78, 5) is 81.4. The lowest BCUT2D eigenvalue weighted by molar-refractivity contribution is -0.259. The Bertz CT molecular complexity index is 1180. The van der Waals surface area contributed by atoms with E-state index in [0.717, 1.165) is 63.5 Å². The minimum absolute atomic E-state index is 0.0522.